The summed E-state index contributed by atoms with van der Waals surface area (Å²) in [5.41, 5.74) is 8.07. The highest BCUT2D eigenvalue weighted by atomic mass is 16.6. The zero-order valence-corrected chi connectivity index (χ0v) is 21.8. The molecular weight excluding hydrogens is 498 g/mol. The molecule has 1 fully saturated rings. The Morgan fingerprint density at radius 2 is 1.64 bits per heavy atom. The van der Waals surface area contributed by atoms with E-state index < -0.39 is 12.0 Å². The number of hydrogen-bond acceptors (Lipinski definition) is 8. The normalized spacial score (nSPS) is 13.6. The van der Waals surface area contributed by atoms with Crippen LogP contribution in [0.2, 0.25) is 0 Å². The summed E-state index contributed by atoms with van der Waals surface area (Å²) in [7, 11) is 0. The Kier molecular flexibility index (Phi) is 10.2. The fourth-order valence-electron chi connectivity index (χ4n) is 4.27. The van der Waals surface area contributed by atoms with Gasteiger partial charge in [-0.3, -0.25) is 9.59 Å². The summed E-state index contributed by atoms with van der Waals surface area (Å²) in [6.45, 7) is 2.35. The lowest BCUT2D eigenvalue weighted by molar-refractivity contribution is 0.0914. The SMILES string of the molecule is NCCNC(=O)c1ccc(C(=O)CNCCOC(=O)N(c2ccccc2-c2ccccc2)N2CC[CH]CC2)o1. The molecule has 1 aliphatic rings. The van der Waals surface area contributed by atoms with Crippen LogP contribution in [0.4, 0.5) is 10.5 Å². The summed E-state index contributed by atoms with van der Waals surface area (Å²) in [5.74, 6) is -0.624. The number of carbonyl (C=O) groups excluding carboxylic acids is 3. The number of anilines is 1. The Labute approximate surface area is 228 Å². The highest BCUT2D eigenvalue weighted by Gasteiger charge is 2.28. The van der Waals surface area contributed by atoms with Crippen LogP contribution < -0.4 is 21.4 Å². The summed E-state index contributed by atoms with van der Waals surface area (Å²) >= 11 is 0. The Morgan fingerprint density at radius 3 is 2.41 bits per heavy atom. The fraction of sp³-hybridized carbons (Fsp3) is 0.310. The molecule has 4 N–H and O–H groups in total. The number of carbonyl (C=O) groups is 3. The molecule has 2 amide bonds. The molecular formula is C29H34N5O5. The van der Waals surface area contributed by atoms with E-state index in [2.05, 4.69) is 17.1 Å². The number of ether oxygens (including phenoxy) is 1. The van der Waals surface area contributed by atoms with Gasteiger partial charge in [0.15, 0.2) is 11.5 Å². The number of amides is 2. The van der Waals surface area contributed by atoms with Crippen molar-refractivity contribution in [2.45, 2.75) is 12.8 Å². The fourth-order valence-corrected chi connectivity index (χ4v) is 4.27. The van der Waals surface area contributed by atoms with Gasteiger partial charge in [-0.05, 0) is 43.0 Å². The number of Topliss-reactive ketones (excluding diaryl/α,β-unsaturated/α-hetero) is 1. The zero-order chi connectivity index (χ0) is 27.5. The molecule has 0 saturated carbocycles. The van der Waals surface area contributed by atoms with E-state index in [1.54, 1.807) is 5.01 Å². The third-order valence-electron chi connectivity index (χ3n) is 6.18. The number of ketones is 1. The number of piperidine rings is 1. The van der Waals surface area contributed by atoms with Crippen LogP contribution in [0.5, 0.6) is 0 Å². The minimum atomic E-state index is -0.479. The zero-order valence-electron chi connectivity index (χ0n) is 21.8. The first-order chi connectivity index (χ1) is 19.1. The lowest BCUT2D eigenvalue weighted by Crippen LogP contribution is -2.50. The molecule has 0 unspecified atom stereocenters. The summed E-state index contributed by atoms with van der Waals surface area (Å²) in [6, 6.07) is 20.6. The Morgan fingerprint density at radius 1 is 0.923 bits per heavy atom. The van der Waals surface area contributed by atoms with Crippen LogP contribution in [0.1, 0.15) is 34.0 Å². The molecule has 0 spiro atoms. The summed E-state index contributed by atoms with van der Waals surface area (Å²) in [4.78, 5) is 37.7. The van der Waals surface area contributed by atoms with Gasteiger partial charge in [-0.25, -0.2) is 14.8 Å². The maximum atomic E-state index is 13.4. The molecule has 0 bridgehead atoms. The first kappa shape index (κ1) is 28.0. The lowest BCUT2D eigenvalue weighted by Gasteiger charge is -2.37. The number of nitrogens with zero attached hydrogens (tertiary/aromatic N) is 2. The smallest absolute Gasteiger partial charge is 0.429 e. The van der Waals surface area contributed by atoms with Crippen molar-refractivity contribution in [2.75, 3.05) is 50.9 Å². The maximum Gasteiger partial charge on any atom is 0.429 e. The maximum absolute atomic E-state index is 13.4. The van der Waals surface area contributed by atoms with Gasteiger partial charge in [0.05, 0.1) is 12.2 Å². The quantitative estimate of drug-likeness (QED) is 0.239. The van der Waals surface area contributed by atoms with Crippen molar-refractivity contribution >= 4 is 23.5 Å². The number of nitrogens with two attached hydrogens (primary N) is 1. The van der Waals surface area contributed by atoms with E-state index in [1.165, 1.54) is 12.1 Å². The van der Waals surface area contributed by atoms with Crippen molar-refractivity contribution in [3.05, 3.63) is 84.7 Å². The minimum Gasteiger partial charge on any atom is -0.448 e. The molecule has 1 aliphatic heterocycles. The van der Waals surface area contributed by atoms with Crippen LogP contribution in [0.3, 0.4) is 0 Å². The van der Waals surface area contributed by atoms with Crippen LogP contribution in [0.15, 0.2) is 71.1 Å². The van der Waals surface area contributed by atoms with Gasteiger partial charge in [-0.1, -0.05) is 48.5 Å². The molecule has 0 atom stereocenters. The summed E-state index contributed by atoms with van der Waals surface area (Å²) in [5, 5.41) is 9.19. The first-order valence-corrected chi connectivity index (χ1v) is 13.1. The third-order valence-corrected chi connectivity index (χ3v) is 6.18. The predicted octanol–water partition coefficient (Wildman–Crippen LogP) is 3.27. The lowest BCUT2D eigenvalue weighted by atomic mass is 10.0. The van der Waals surface area contributed by atoms with Gasteiger partial charge in [0.25, 0.3) is 5.91 Å². The van der Waals surface area contributed by atoms with Gasteiger partial charge in [0.1, 0.15) is 6.61 Å². The molecule has 205 valence electrons. The number of hydrogen-bond donors (Lipinski definition) is 3. The summed E-state index contributed by atoms with van der Waals surface area (Å²) < 4.78 is 11.0. The highest BCUT2D eigenvalue weighted by molar-refractivity contribution is 5.97. The largest absolute Gasteiger partial charge is 0.448 e. The number of hydrazine groups is 1. The van der Waals surface area contributed by atoms with Crippen molar-refractivity contribution in [3.63, 3.8) is 0 Å². The van der Waals surface area contributed by atoms with Gasteiger partial charge >= 0.3 is 6.09 Å². The molecule has 39 heavy (non-hydrogen) atoms. The van der Waals surface area contributed by atoms with Crippen molar-refractivity contribution in [2.24, 2.45) is 5.73 Å². The number of furan rings is 1. The second-order valence-electron chi connectivity index (χ2n) is 8.94. The van der Waals surface area contributed by atoms with Crippen LogP contribution >= 0.6 is 0 Å². The molecule has 0 aliphatic carbocycles. The second kappa shape index (κ2) is 14.2. The molecule has 10 heteroatoms. The van der Waals surface area contributed by atoms with Crippen molar-refractivity contribution in [3.8, 4) is 11.1 Å². The average molecular weight is 533 g/mol. The van der Waals surface area contributed by atoms with E-state index in [-0.39, 0.29) is 37.0 Å². The molecule has 1 aromatic heterocycles. The van der Waals surface area contributed by atoms with Gasteiger partial charge in [0, 0.05) is 38.3 Å². The van der Waals surface area contributed by atoms with E-state index in [0.29, 0.717) is 26.2 Å². The van der Waals surface area contributed by atoms with E-state index in [4.69, 9.17) is 14.9 Å². The van der Waals surface area contributed by atoms with E-state index in [0.717, 1.165) is 29.7 Å². The third kappa shape index (κ3) is 7.53. The average Bonchev–Trinajstić information content (AvgIpc) is 3.48. The van der Waals surface area contributed by atoms with Crippen LogP contribution in [-0.2, 0) is 4.74 Å². The monoisotopic (exact) mass is 532 g/mol. The first-order valence-electron chi connectivity index (χ1n) is 13.1. The van der Waals surface area contributed by atoms with Crippen molar-refractivity contribution < 1.29 is 23.5 Å². The molecule has 2 aromatic carbocycles. The Hall–Kier alpha value is -3.99. The van der Waals surface area contributed by atoms with Crippen LogP contribution in [0.25, 0.3) is 11.1 Å². The highest BCUT2D eigenvalue weighted by Crippen LogP contribution is 2.33. The van der Waals surface area contributed by atoms with Crippen LogP contribution in [-0.4, -0.2) is 68.7 Å². The van der Waals surface area contributed by atoms with Gasteiger partial charge in [0.2, 0.25) is 5.78 Å². The van der Waals surface area contributed by atoms with E-state index in [1.807, 2.05) is 59.6 Å². The van der Waals surface area contributed by atoms with Crippen LogP contribution in [0, 0.1) is 6.42 Å². The Bertz CT molecular complexity index is 1240. The molecule has 1 radical (unpaired) electrons. The van der Waals surface area contributed by atoms with Gasteiger partial charge in [-0.15, -0.1) is 0 Å². The van der Waals surface area contributed by atoms with E-state index >= 15 is 0 Å². The van der Waals surface area contributed by atoms with Gasteiger partial charge < -0.3 is 25.5 Å². The number of benzene rings is 2. The predicted molar refractivity (Wildman–Crippen MR) is 148 cm³/mol. The van der Waals surface area contributed by atoms with Crippen molar-refractivity contribution in [1.82, 2.24) is 15.6 Å². The molecule has 10 nitrogen and oxygen atoms in total. The minimum absolute atomic E-state index is 0.0303. The number of para-hydroxylation sites is 1. The molecule has 2 heterocycles. The summed E-state index contributed by atoms with van der Waals surface area (Å²) in [6.07, 6.45) is 3.50. The molecule has 4 rings (SSSR count). The molecule has 1 saturated heterocycles. The van der Waals surface area contributed by atoms with Gasteiger partial charge in [-0.2, -0.15) is 0 Å². The van der Waals surface area contributed by atoms with Crippen molar-refractivity contribution in [1.29, 1.82) is 0 Å². The number of rotatable bonds is 12. The van der Waals surface area contributed by atoms with E-state index in [9.17, 15) is 14.4 Å². The topological polar surface area (TPSA) is 130 Å². The Balaban J connectivity index is 1.34. The second-order valence-corrected chi connectivity index (χ2v) is 8.94. The standard InChI is InChI=1S/C29H34N5O5/c30-15-16-32-28(36)27-14-13-26(39-27)25(35)21-31-17-20-38-29(37)34(33-18-7-2-8-19-33)24-12-6-5-11-23(24)22-9-3-1-4-10-22/h1-6,9-14,31H,7-8,15-21,30H2,(H,32,36). The number of nitrogens with one attached hydrogen (secondary N) is 2. The molecule has 3 aromatic rings.